The maximum absolute atomic E-state index is 9.98. The van der Waals surface area contributed by atoms with Crippen LogP contribution in [0.4, 0.5) is 0 Å². The van der Waals surface area contributed by atoms with Crippen molar-refractivity contribution in [3.8, 4) is 0 Å². The van der Waals surface area contributed by atoms with Crippen LogP contribution in [0.25, 0.3) is 0 Å². The van der Waals surface area contributed by atoms with Gasteiger partial charge in [0.05, 0.1) is 12.3 Å². The molecule has 0 fully saturated rings. The standard InChI is InChI=1S/C13H16N2OS/c1-10-3-5-12(6-4-10)17-9-13(16)11-7-14-15(2)8-11/h3-8,13,16H,9H2,1-2H3. The van der Waals surface area contributed by atoms with Gasteiger partial charge in [-0.3, -0.25) is 4.68 Å². The van der Waals surface area contributed by atoms with Crippen LogP contribution in [-0.2, 0) is 7.05 Å². The first-order valence-electron chi connectivity index (χ1n) is 5.51. The monoisotopic (exact) mass is 248 g/mol. The van der Waals surface area contributed by atoms with Gasteiger partial charge in [-0.1, -0.05) is 17.7 Å². The minimum absolute atomic E-state index is 0.463. The van der Waals surface area contributed by atoms with Crippen molar-refractivity contribution in [2.75, 3.05) is 5.75 Å². The van der Waals surface area contributed by atoms with E-state index in [1.807, 2.05) is 13.2 Å². The molecular formula is C13H16N2OS. The van der Waals surface area contributed by atoms with Crippen LogP contribution < -0.4 is 0 Å². The minimum Gasteiger partial charge on any atom is -0.387 e. The van der Waals surface area contributed by atoms with E-state index in [0.717, 1.165) is 5.56 Å². The second kappa shape index (κ2) is 5.38. The molecule has 1 atom stereocenters. The Morgan fingerprint density at radius 3 is 2.65 bits per heavy atom. The second-order valence-electron chi connectivity index (χ2n) is 4.09. The molecule has 0 spiro atoms. The van der Waals surface area contributed by atoms with Gasteiger partial charge in [-0.2, -0.15) is 5.10 Å². The summed E-state index contributed by atoms with van der Waals surface area (Å²) in [7, 11) is 1.85. The smallest absolute Gasteiger partial charge is 0.0914 e. The Labute approximate surface area is 105 Å². The lowest BCUT2D eigenvalue weighted by molar-refractivity contribution is 0.204. The highest BCUT2D eigenvalue weighted by atomic mass is 32.2. The molecule has 0 saturated heterocycles. The van der Waals surface area contributed by atoms with Gasteiger partial charge in [0.15, 0.2) is 0 Å². The first kappa shape index (κ1) is 12.2. The fourth-order valence-corrected chi connectivity index (χ4v) is 2.39. The number of nitrogens with zero attached hydrogens (tertiary/aromatic N) is 2. The summed E-state index contributed by atoms with van der Waals surface area (Å²) in [5.41, 5.74) is 2.12. The van der Waals surface area contributed by atoms with Gasteiger partial charge in [0, 0.05) is 29.5 Å². The average molecular weight is 248 g/mol. The van der Waals surface area contributed by atoms with E-state index in [2.05, 4.69) is 36.3 Å². The number of aryl methyl sites for hydroxylation is 2. The molecule has 0 amide bonds. The molecule has 2 rings (SSSR count). The number of thioether (sulfide) groups is 1. The predicted molar refractivity (Wildman–Crippen MR) is 70.1 cm³/mol. The van der Waals surface area contributed by atoms with Gasteiger partial charge in [-0.15, -0.1) is 11.8 Å². The molecule has 0 bridgehead atoms. The molecule has 0 aliphatic carbocycles. The van der Waals surface area contributed by atoms with E-state index in [-0.39, 0.29) is 0 Å². The van der Waals surface area contributed by atoms with E-state index in [0.29, 0.717) is 5.75 Å². The molecule has 0 radical (unpaired) electrons. The maximum atomic E-state index is 9.98. The Morgan fingerprint density at radius 1 is 1.35 bits per heavy atom. The molecule has 0 aliphatic rings. The Bertz CT molecular complexity index is 478. The highest BCUT2D eigenvalue weighted by Crippen LogP contribution is 2.24. The molecule has 2 aromatic rings. The van der Waals surface area contributed by atoms with E-state index in [1.165, 1.54) is 10.5 Å². The van der Waals surface area contributed by atoms with Crippen molar-refractivity contribution in [3.05, 3.63) is 47.8 Å². The third kappa shape index (κ3) is 3.35. The third-order valence-electron chi connectivity index (χ3n) is 2.54. The van der Waals surface area contributed by atoms with Gasteiger partial charge in [-0.25, -0.2) is 0 Å². The normalized spacial score (nSPS) is 12.6. The molecule has 90 valence electrons. The number of hydrogen-bond donors (Lipinski definition) is 1. The number of aromatic nitrogens is 2. The van der Waals surface area contributed by atoms with Crippen LogP contribution in [0.1, 0.15) is 17.2 Å². The molecule has 1 N–H and O–H groups in total. The molecule has 1 heterocycles. The van der Waals surface area contributed by atoms with E-state index < -0.39 is 6.10 Å². The molecule has 1 aromatic carbocycles. The summed E-state index contributed by atoms with van der Waals surface area (Å²) in [6.45, 7) is 2.07. The van der Waals surface area contributed by atoms with Gasteiger partial charge < -0.3 is 5.11 Å². The summed E-state index contributed by atoms with van der Waals surface area (Å²) in [4.78, 5) is 1.18. The molecule has 4 heteroatoms. The minimum atomic E-state index is -0.463. The summed E-state index contributed by atoms with van der Waals surface area (Å²) in [6, 6.07) is 8.32. The highest BCUT2D eigenvalue weighted by Gasteiger charge is 2.09. The van der Waals surface area contributed by atoms with Crippen molar-refractivity contribution in [2.24, 2.45) is 7.05 Å². The topological polar surface area (TPSA) is 38.1 Å². The van der Waals surface area contributed by atoms with Gasteiger partial charge in [-0.05, 0) is 19.1 Å². The van der Waals surface area contributed by atoms with Gasteiger partial charge in [0.1, 0.15) is 0 Å². The van der Waals surface area contributed by atoms with Gasteiger partial charge in [0.2, 0.25) is 0 Å². The van der Waals surface area contributed by atoms with E-state index >= 15 is 0 Å². The van der Waals surface area contributed by atoms with Crippen LogP contribution in [0.5, 0.6) is 0 Å². The zero-order chi connectivity index (χ0) is 12.3. The van der Waals surface area contributed by atoms with Crippen LogP contribution in [-0.4, -0.2) is 20.6 Å². The summed E-state index contributed by atoms with van der Waals surface area (Å²) in [6.07, 6.45) is 3.09. The quantitative estimate of drug-likeness (QED) is 0.845. The van der Waals surface area contributed by atoms with Crippen LogP contribution in [0.2, 0.25) is 0 Å². The molecule has 1 unspecified atom stereocenters. The maximum Gasteiger partial charge on any atom is 0.0914 e. The summed E-state index contributed by atoms with van der Waals surface area (Å²) in [5, 5.41) is 14.0. The number of benzene rings is 1. The first-order valence-corrected chi connectivity index (χ1v) is 6.50. The number of aliphatic hydroxyl groups excluding tert-OH is 1. The summed E-state index contributed by atoms with van der Waals surface area (Å²) in [5.74, 6) is 0.648. The van der Waals surface area contributed by atoms with E-state index in [9.17, 15) is 5.11 Å². The molecule has 0 aliphatic heterocycles. The van der Waals surface area contributed by atoms with Crippen molar-refractivity contribution < 1.29 is 5.11 Å². The zero-order valence-corrected chi connectivity index (χ0v) is 10.8. The Balaban J connectivity index is 1.92. The lowest BCUT2D eigenvalue weighted by atomic mass is 10.2. The van der Waals surface area contributed by atoms with Crippen molar-refractivity contribution in [1.29, 1.82) is 0 Å². The molecule has 0 saturated carbocycles. The van der Waals surface area contributed by atoms with Crippen molar-refractivity contribution >= 4 is 11.8 Å². The van der Waals surface area contributed by atoms with Crippen LogP contribution >= 0.6 is 11.8 Å². The van der Waals surface area contributed by atoms with Crippen molar-refractivity contribution in [1.82, 2.24) is 9.78 Å². The Morgan fingerprint density at radius 2 is 2.06 bits per heavy atom. The summed E-state index contributed by atoms with van der Waals surface area (Å²) >= 11 is 1.65. The van der Waals surface area contributed by atoms with E-state index in [4.69, 9.17) is 0 Å². The highest BCUT2D eigenvalue weighted by molar-refractivity contribution is 7.99. The fraction of sp³-hybridized carbons (Fsp3) is 0.308. The molecule has 1 aromatic heterocycles. The van der Waals surface area contributed by atoms with Crippen LogP contribution in [0, 0.1) is 6.92 Å². The Hall–Kier alpha value is -1.26. The zero-order valence-electron chi connectivity index (χ0n) is 10.00. The molecule has 3 nitrogen and oxygen atoms in total. The first-order chi connectivity index (χ1) is 8.15. The van der Waals surface area contributed by atoms with Gasteiger partial charge >= 0.3 is 0 Å². The molecular weight excluding hydrogens is 232 g/mol. The number of rotatable bonds is 4. The van der Waals surface area contributed by atoms with E-state index in [1.54, 1.807) is 22.6 Å². The second-order valence-corrected chi connectivity index (χ2v) is 5.18. The number of aliphatic hydroxyl groups is 1. The Kier molecular flexibility index (Phi) is 3.86. The number of hydrogen-bond acceptors (Lipinski definition) is 3. The largest absolute Gasteiger partial charge is 0.387 e. The average Bonchev–Trinajstić information content (AvgIpc) is 2.75. The fourth-order valence-electron chi connectivity index (χ4n) is 1.52. The predicted octanol–water partition coefficient (Wildman–Crippen LogP) is 2.55. The molecule has 17 heavy (non-hydrogen) atoms. The SMILES string of the molecule is Cc1ccc(SCC(O)c2cnn(C)c2)cc1. The summed E-state index contributed by atoms with van der Waals surface area (Å²) < 4.78 is 1.70. The van der Waals surface area contributed by atoms with Crippen molar-refractivity contribution in [3.63, 3.8) is 0 Å². The van der Waals surface area contributed by atoms with Crippen LogP contribution in [0.15, 0.2) is 41.6 Å². The van der Waals surface area contributed by atoms with Crippen LogP contribution in [0.3, 0.4) is 0 Å². The lowest BCUT2D eigenvalue weighted by Crippen LogP contribution is -1.99. The third-order valence-corrected chi connectivity index (χ3v) is 3.63. The van der Waals surface area contributed by atoms with Crippen molar-refractivity contribution in [2.45, 2.75) is 17.9 Å². The lowest BCUT2D eigenvalue weighted by Gasteiger charge is -2.07. The van der Waals surface area contributed by atoms with Gasteiger partial charge in [0.25, 0.3) is 0 Å².